The third-order valence-electron chi connectivity index (χ3n) is 8.95. The Hall–Kier alpha value is -3.85. The number of carbonyl (C=O) groups excluding carboxylic acids is 2. The van der Waals surface area contributed by atoms with Crippen LogP contribution in [0.25, 0.3) is 0 Å². The molecule has 1 aliphatic rings. The van der Waals surface area contributed by atoms with Gasteiger partial charge >= 0.3 is 0 Å². The van der Waals surface area contributed by atoms with Crippen molar-refractivity contribution >= 4 is 50.7 Å². The van der Waals surface area contributed by atoms with Gasteiger partial charge in [-0.25, -0.2) is 8.42 Å². The van der Waals surface area contributed by atoms with E-state index in [1.54, 1.807) is 24.3 Å². The molecule has 0 aromatic heterocycles. The molecule has 0 heterocycles. The molecule has 1 N–H and O–H groups in total. The minimum Gasteiger partial charge on any atom is -0.352 e. The molecule has 7 nitrogen and oxygen atoms in total. The Balaban J connectivity index is 1.57. The molecule has 1 saturated carbocycles. The maximum Gasteiger partial charge on any atom is 0.264 e. The fraction of sp³-hybridized carbons (Fsp3) is 0.316. The maximum absolute atomic E-state index is 14.7. The molecule has 1 fully saturated rings. The second kappa shape index (κ2) is 16.0. The van der Waals surface area contributed by atoms with Gasteiger partial charge < -0.3 is 10.2 Å². The molecule has 252 valence electrons. The van der Waals surface area contributed by atoms with E-state index in [1.807, 2.05) is 62.4 Å². The second-order valence-electron chi connectivity index (χ2n) is 12.4. The van der Waals surface area contributed by atoms with Crippen LogP contribution in [0.1, 0.15) is 54.4 Å². The van der Waals surface area contributed by atoms with Gasteiger partial charge in [0.2, 0.25) is 11.8 Å². The normalized spacial score (nSPS) is 14.2. The molecule has 4 aromatic carbocycles. The van der Waals surface area contributed by atoms with Gasteiger partial charge in [0, 0.05) is 29.1 Å². The van der Waals surface area contributed by atoms with Crippen LogP contribution in [-0.4, -0.2) is 43.8 Å². The van der Waals surface area contributed by atoms with Gasteiger partial charge in [0.25, 0.3) is 10.0 Å². The summed E-state index contributed by atoms with van der Waals surface area (Å²) < 4.78 is 29.7. The Morgan fingerprint density at radius 1 is 0.792 bits per heavy atom. The van der Waals surface area contributed by atoms with Gasteiger partial charge in [-0.3, -0.25) is 13.9 Å². The molecule has 0 bridgehead atoms. The molecule has 0 spiro atoms. The molecule has 5 rings (SSSR count). The second-order valence-corrected chi connectivity index (χ2v) is 15.2. The standard InChI is InChI=1S/C38H41Cl2N3O4S/c1-27-13-20-34(23-28(27)2)43(48(46,47)35-21-18-32(40)19-22-35)26-37(44)42(25-30-14-16-31(39)17-15-30)36(24-29-9-5-3-6-10-29)38(45)41-33-11-7-4-8-12-33/h3,5-6,9-10,13-23,33,36H,4,7-8,11-12,24-26H2,1-2H3,(H,41,45)/t36-/m1/s1. The van der Waals surface area contributed by atoms with E-state index in [1.165, 1.54) is 29.2 Å². The first-order valence-electron chi connectivity index (χ1n) is 16.2. The highest BCUT2D eigenvalue weighted by molar-refractivity contribution is 7.92. The summed E-state index contributed by atoms with van der Waals surface area (Å²) in [4.78, 5) is 30.4. The molecule has 48 heavy (non-hydrogen) atoms. The average Bonchev–Trinajstić information content (AvgIpc) is 3.08. The van der Waals surface area contributed by atoms with Crippen molar-refractivity contribution in [1.82, 2.24) is 10.2 Å². The van der Waals surface area contributed by atoms with Crippen molar-refractivity contribution in [1.29, 1.82) is 0 Å². The first kappa shape index (κ1) is 35.5. The number of anilines is 1. The van der Waals surface area contributed by atoms with Gasteiger partial charge in [0.15, 0.2) is 0 Å². The van der Waals surface area contributed by atoms with Gasteiger partial charge in [-0.1, -0.05) is 91.0 Å². The van der Waals surface area contributed by atoms with Crippen molar-refractivity contribution in [2.45, 2.75) is 75.9 Å². The number of benzene rings is 4. The van der Waals surface area contributed by atoms with E-state index in [2.05, 4.69) is 5.32 Å². The summed E-state index contributed by atoms with van der Waals surface area (Å²) in [6.07, 6.45) is 5.23. The van der Waals surface area contributed by atoms with Crippen molar-refractivity contribution in [3.8, 4) is 0 Å². The lowest BCUT2D eigenvalue weighted by Gasteiger charge is -2.35. The SMILES string of the molecule is Cc1ccc(N(CC(=O)N(Cc2ccc(Cl)cc2)[C@H](Cc2ccccc2)C(=O)NC2CCCCC2)S(=O)(=O)c2ccc(Cl)cc2)cc1C. The smallest absolute Gasteiger partial charge is 0.264 e. The van der Waals surface area contributed by atoms with Crippen molar-refractivity contribution < 1.29 is 18.0 Å². The summed E-state index contributed by atoms with van der Waals surface area (Å²) in [6.45, 7) is 3.39. The molecule has 4 aromatic rings. The van der Waals surface area contributed by atoms with Crippen LogP contribution in [0.2, 0.25) is 10.0 Å². The van der Waals surface area contributed by atoms with E-state index in [0.29, 0.717) is 15.7 Å². The number of rotatable bonds is 12. The van der Waals surface area contributed by atoms with E-state index >= 15 is 0 Å². The Kier molecular flexibility index (Phi) is 11.8. The van der Waals surface area contributed by atoms with Gasteiger partial charge in [0.1, 0.15) is 12.6 Å². The molecule has 0 saturated heterocycles. The number of nitrogens with zero attached hydrogens (tertiary/aromatic N) is 2. The molecule has 0 radical (unpaired) electrons. The number of halogens is 2. The highest BCUT2D eigenvalue weighted by Gasteiger charge is 2.35. The average molecular weight is 707 g/mol. The molecule has 1 aliphatic carbocycles. The Morgan fingerprint density at radius 3 is 2.04 bits per heavy atom. The first-order chi connectivity index (χ1) is 23.0. The molecule has 10 heteroatoms. The van der Waals surface area contributed by atoms with Crippen LogP contribution in [0.5, 0.6) is 0 Å². The van der Waals surface area contributed by atoms with Gasteiger partial charge in [0.05, 0.1) is 10.6 Å². The van der Waals surface area contributed by atoms with E-state index in [9.17, 15) is 18.0 Å². The van der Waals surface area contributed by atoms with Crippen molar-refractivity contribution in [3.05, 3.63) is 129 Å². The lowest BCUT2D eigenvalue weighted by atomic mass is 9.94. The minimum absolute atomic E-state index is 0.00180. The molecule has 0 aliphatic heterocycles. The third-order valence-corrected chi connectivity index (χ3v) is 11.2. The molecular formula is C38H41Cl2N3O4S. The van der Waals surface area contributed by atoms with Crippen LogP contribution < -0.4 is 9.62 Å². The fourth-order valence-corrected chi connectivity index (χ4v) is 7.69. The first-order valence-corrected chi connectivity index (χ1v) is 18.4. The number of amides is 2. The number of nitrogens with one attached hydrogen (secondary N) is 1. The topological polar surface area (TPSA) is 86.8 Å². The van der Waals surface area contributed by atoms with Crippen LogP contribution in [0, 0.1) is 13.8 Å². The van der Waals surface area contributed by atoms with E-state index in [4.69, 9.17) is 23.2 Å². The highest BCUT2D eigenvalue weighted by Crippen LogP contribution is 2.28. The van der Waals surface area contributed by atoms with Crippen LogP contribution in [0.15, 0.2) is 102 Å². The van der Waals surface area contributed by atoms with Crippen LogP contribution in [0.4, 0.5) is 5.69 Å². The van der Waals surface area contributed by atoms with Crippen LogP contribution in [-0.2, 0) is 32.6 Å². The summed E-state index contributed by atoms with van der Waals surface area (Å²) in [5.41, 5.74) is 3.85. The third kappa shape index (κ3) is 8.98. The maximum atomic E-state index is 14.7. The number of hydrogen-bond donors (Lipinski definition) is 1. The number of hydrogen-bond acceptors (Lipinski definition) is 4. The zero-order valence-corrected chi connectivity index (χ0v) is 29.6. The summed E-state index contributed by atoms with van der Waals surface area (Å²) in [5.74, 6) is -0.771. The van der Waals surface area contributed by atoms with Crippen molar-refractivity contribution in [2.75, 3.05) is 10.8 Å². The van der Waals surface area contributed by atoms with Crippen molar-refractivity contribution in [2.24, 2.45) is 0 Å². The van der Waals surface area contributed by atoms with Crippen molar-refractivity contribution in [3.63, 3.8) is 0 Å². The number of aryl methyl sites for hydroxylation is 2. The highest BCUT2D eigenvalue weighted by atomic mass is 35.5. The van der Waals surface area contributed by atoms with Crippen LogP contribution in [0.3, 0.4) is 0 Å². The lowest BCUT2D eigenvalue weighted by molar-refractivity contribution is -0.140. The van der Waals surface area contributed by atoms with E-state index in [-0.39, 0.29) is 29.8 Å². The monoisotopic (exact) mass is 705 g/mol. The summed E-state index contributed by atoms with van der Waals surface area (Å²) in [7, 11) is -4.23. The summed E-state index contributed by atoms with van der Waals surface area (Å²) in [6, 6.07) is 26.9. The fourth-order valence-electron chi connectivity index (χ4n) is 6.03. The minimum atomic E-state index is -4.23. The zero-order valence-electron chi connectivity index (χ0n) is 27.2. The molecule has 1 atom stereocenters. The van der Waals surface area contributed by atoms with Crippen LogP contribution >= 0.6 is 23.2 Å². The molecule has 2 amide bonds. The Labute approximate surface area is 293 Å². The quantitative estimate of drug-likeness (QED) is 0.162. The molecule has 0 unspecified atom stereocenters. The van der Waals surface area contributed by atoms with E-state index < -0.39 is 28.5 Å². The Bertz CT molecular complexity index is 1810. The van der Waals surface area contributed by atoms with Gasteiger partial charge in [-0.2, -0.15) is 0 Å². The van der Waals surface area contributed by atoms with Gasteiger partial charge in [-0.05, 0) is 97.5 Å². The number of carbonyl (C=O) groups is 2. The predicted molar refractivity (Wildman–Crippen MR) is 193 cm³/mol. The predicted octanol–water partition coefficient (Wildman–Crippen LogP) is 7.89. The van der Waals surface area contributed by atoms with Gasteiger partial charge in [-0.15, -0.1) is 0 Å². The summed E-state index contributed by atoms with van der Waals surface area (Å²) in [5, 5.41) is 4.17. The van der Waals surface area contributed by atoms with E-state index in [0.717, 1.165) is 58.7 Å². The zero-order chi connectivity index (χ0) is 34.3. The lowest BCUT2D eigenvalue weighted by Crippen LogP contribution is -2.55. The molecular weight excluding hydrogens is 665 g/mol. The largest absolute Gasteiger partial charge is 0.352 e. The summed E-state index contributed by atoms with van der Waals surface area (Å²) >= 11 is 12.3. The Morgan fingerprint density at radius 2 is 1.42 bits per heavy atom. The number of sulfonamides is 1.